The maximum absolute atomic E-state index is 11.8. The highest BCUT2D eigenvalue weighted by molar-refractivity contribution is 5.75. The van der Waals surface area contributed by atoms with E-state index >= 15 is 0 Å². The normalized spacial score (nSPS) is 17.1. The van der Waals surface area contributed by atoms with Crippen LogP contribution in [-0.2, 0) is 11.3 Å². The van der Waals surface area contributed by atoms with Crippen molar-refractivity contribution in [2.24, 2.45) is 5.41 Å². The molecule has 1 aliphatic carbocycles. The number of aliphatic hydroxyl groups excluding tert-OH is 1. The molecule has 0 atom stereocenters. The molecule has 1 heterocycles. The Labute approximate surface area is 115 Å². The number of aliphatic hydroxyl groups is 1. The molecule has 1 aromatic rings. The third-order valence-electron chi connectivity index (χ3n) is 3.85. The number of rotatable bonds is 5. The third kappa shape index (κ3) is 3.36. The van der Waals surface area contributed by atoms with Gasteiger partial charge in [-0.1, -0.05) is 12.8 Å². The third-order valence-corrected chi connectivity index (χ3v) is 3.85. The van der Waals surface area contributed by atoms with Gasteiger partial charge in [0.15, 0.2) is 0 Å². The van der Waals surface area contributed by atoms with E-state index < -0.39 is 11.1 Å². The number of aromatic nitrogens is 2. The number of H-pyrrole nitrogens is 1. The van der Waals surface area contributed by atoms with Crippen LogP contribution in [0.15, 0.2) is 21.7 Å². The predicted molar refractivity (Wildman–Crippen MR) is 72.3 cm³/mol. The highest BCUT2D eigenvalue weighted by Gasteiger charge is 2.33. The number of hydrogen-bond donors (Lipinski definition) is 3. The Balaban J connectivity index is 1.94. The van der Waals surface area contributed by atoms with Gasteiger partial charge >= 0.3 is 0 Å². The molecule has 0 bridgehead atoms. The van der Waals surface area contributed by atoms with Crippen molar-refractivity contribution in [1.29, 1.82) is 0 Å². The minimum atomic E-state index is -0.433. The zero-order valence-corrected chi connectivity index (χ0v) is 11.2. The Morgan fingerprint density at radius 2 is 2.05 bits per heavy atom. The maximum Gasteiger partial charge on any atom is 0.265 e. The Morgan fingerprint density at radius 1 is 1.35 bits per heavy atom. The summed E-state index contributed by atoms with van der Waals surface area (Å²) < 4.78 is 0.970. The number of nitrogens with zero attached hydrogens (tertiary/aromatic N) is 1. The second-order valence-corrected chi connectivity index (χ2v) is 5.38. The first-order chi connectivity index (χ1) is 9.54. The van der Waals surface area contributed by atoms with Crippen LogP contribution >= 0.6 is 0 Å². The van der Waals surface area contributed by atoms with E-state index in [9.17, 15) is 19.5 Å². The molecular weight excluding hydrogens is 262 g/mol. The lowest BCUT2D eigenvalue weighted by molar-refractivity contribution is -0.122. The summed E-state index contributed by atoms with van der Waals surface area (Å²) in [5, 5.41) is 14.5. The van der Waals surface area contributed by atoms with Crippen LogP contribution in [-0.4, -0.2) is 33.9 Å². The number of carbonyl (C=O) groups excluding carboxylic acids is 1. The second-order valence-electron chi connectivity index (χ2n) is 5.38. The molecule has 0 unspecified atom stereocenters. The number of nitrogens with one attached hydrogen (secondary N) is 2. The monoisotopic (exact) mass is 281 g/mol. The van der Waals surface area contributed by atoms with Gasteiger partial charge in [0.1, 0.15) is 6.54 Å². The Bertz CT molecular complexity index is 584. The van der Waals surface area contributed by atoms with Gasteiger partial charge in [-0.2, -0.15) is 0 Å². The standard InChI is InChI=1S/C13H19N3O4/c17-9-13(5-1-2-6-13)8-14-11(19)7-16-12(20)4-3-10(18)15-16/h3-4,17H,1-2,5-9H2,(H,14,19)(H,15,18). The second kappa shape index (κ2) is 6.04. The highest BCUT2D eigenvalue weighted by atomic mass is 16.3. The molecule has 0 saturated heterocycles. The van der Waals surface area contributed by atoms with E-state index in [1.54, 1.807) is 0 Å². The number of hydrogen-bond acceptors (Lipinski definition) is 4. The van der Waals surface area contributed by atoms with E-state index in [0.29, 0.717) is 6.54 Å². The maximum atomic E-state index is 11.8. The predicted octanol–water partition coefficient (Wildman–Crippen LogP) is -0.794. The van der Waals surface area contributed by atoms with Gasteiger partial charge in [0, 0.05) is 24.1 Å². The van der Waals surface area contributed by atoms with Crippen molar-refractivity contribution in [3.8, 4) is 0 Å². The molecule has 20 heavy (non-hydrogen) atoms. The van der Waals surface area contributed by atoms with E-state index in [1.165, 1.54) is 0 Å². The van der Waals surface area contributed by atoms with Gasteiger partial charge in [-0.15, -0.1) is 0 Å². The first kappa shape index (κ1) is 14.5. The molecule has 3 N–H and O–H groups in total. The van der Waals surface area contributed by atoms with Crippen LogP contribution in [0.3, 0.4) is 0 Å². The molecule has 0 aliphatic heterocycles. The van der Waals surface area contributed by atoms with Gasteiger partial charge in [-0.3, -0.25) is 19.5 Å². The number of aromatic amines is 1. The summed E-state index contributed by atoms with van der Waals surface area (Å²) in [6.07, 6.45) is 3.90. The average molecular weight is 281 g/mol. The fourth-order valence-corrected chi connectivity index (χ4v) is 2.58. The Morgan fingerprint density at radius 3 is 2.70 bits per heavy atom. The van der Waals surface area contributed by atoms with Crippen molar-refractivity contribution in [3.05, 3.63) is 32.8 Å². The minimum absolute atomic E-state index is 0.0510. The van der Waals surface area contributed by atoms with Crippen molar-refractivity contribution in [1.82, 2.24) is 15.1 Å². The average Bonchev–Trinajstić information content (AvgIpc) is 2.90. The molecular formula is C13H19N3O4. The molecule has 1 amide bonds. The van der Waals surface area contributed by atoms with Crippen molar-refractivity contribution < 1.29 is 9.90 Å². The summed E-state index contributed by atoms with van der Waals surface area (Å²) in [7, 11) is 0. The van der Waals surface area contributed by atoms with Crippen LogP contribution in [0.25, 0.3) is 0 Å². The highest BCUT2D eigenvalue weighted by Crippen LogP contribution is 2.36. The van der Waals surface area contributed by atoms with E-state index in [2.05, 4.69) is 10.4 Å². The smallest absolute Gasteiger partial charge is 0.265 e. The van der Waals surface area contributed by atoms with Crippen molar-refractivity contribution in [2.75, 3.05) is 13.2 Å². The van der Waals surface area contributed by atoms with Crippen LogP contribution in [0, 0.1) is 5.41 Å². The van der Waals surface area contributed by atoms with E-state index in [1.807, 2.05) is 0 Å². The lowest BCUT2D eigenvalue weighted by Gasteiger charge is -2.26. The van der Waals surface area contributed by atoms with E-state index in [4.69, 9.17) is 0 Å². The van der Waals surface area contributed by atoms with Gasteiger partial charge < -0.3 is 10.4 Å². The van der Waals surface area contributed by atoms with Crippen LogP contribution in [0.2, 0.25) is 0 Å². The summed E-state index contributed by atoms with van der Waals surface area (Å²) in [5.74, 6) is -0.353. The van der Waals surface area contributed by atoms with Crippen LogP contribution in [0.5, 0.6) is 0 Å². The fraction of sp³-hybridized carbons (Fsp3) is 0.615. The minimum Gasteiger partial charge on any atom is -0.396 e. The largest absolute Gasteiger partial charge is 0.396 e. The van der Waals surface area contributed by atoms with Gasteiger partial charge in [-0.05, 0) is 12.8 Å². The Hall–Kier alpha value is -1.89. The zero-order valence-electron chi connectivity index (χ0n) is 11.2. The molecule has 0 aromatic carbocycles. The van der Waals surface area contributed by atoms with Crippen LogP contribution in [0.1, 0.15) is 25.7 Å². The van der Waals surface area contributed by atoms with Gasteiger partial charge in [0.05, 0.1) is 6.61 Å². The summed E-state index contributed by atoms with van der Waals surface area (Å²) >= 11 is 0. The molecule has 1 aromatic heterocycles. The van der Waals surface area contributed by atoms with Crippen molar-refractivity contribution >= 4 is 5.91 Å². The van der Waals surface area contributed by atoms with Crippen LogP contribution < -0.4 is 16.4 Å². The topological polar surface area (TPSA) is 104 Å². The van der Waals surface area contributed by atoms with Gasteiger partial charge in [-0.25, -0.2) is 4.68 Å². The van der Waals surface area contributed by atoms with Gasteiger partial charge in [0.25, 0.3) is 11.1 Å². The molecule has 1 saturated carbocycles. The molecule has 1 fully saturated rings. The first-order valence-electron chi connectivity index (χ1n) is 6.72. The fourth-order valence-electron chi connectivity index (χ4n) is 2.58. The number of amides is 1. The first-order valence-corrected chi connectivity index (χ1v) is 6.72. The SMILES string of the molecule is O=C(Cn1[nH]c(=O)ccc1=O)NCC1(CO)CCCC1. The van der Waals surface area contributed by atoms with E-state index in [-0.39, 0.29) is 24.5 Å². The van der Waals surface area contributed by atoms with Gasteiger partial charge in [0.2, 0.25) is 5.91 Å². The summed E-state index contributed by atoms with van der Waals surface area (Å²) in [6, 6.07) is 2.24. The number of carbonyl (C=O) groups is 1. The molecule has 110 valence electrons. The molecule has 7 nitrogen and oxygen atoms in total. The lowest BCUT2D eigenvalue weighted by atomic mass is 9.87. The Kier molecular flexibility index (Phi) is 4.39. The molecule has 0 spiro atoms. The summed E-state index contributed by atoms with van der Waals surface area (Å²) in [5.41, 5.74) is -1.09. The molecule has 2 rings (SSSR count). The lowest BCUT2D eigenvalue weighted by Crippen LogP contribution is -2.41. The summed E-state index contributed by atoms with van der Waals surface area (Å²) in [4.78, 5) is 34.4. The molecule has 1 aliphatic rings. The molecule has 0 radical (unpaired) electrons. The summed E-state index contributed by atoms with van der Waals surface area (Å²) in [6.45, 7) is 0.222. The van der Waals surface area contributed by atoms with Crippen molar-refractivity contribution in [3.63, 3.8) is 0 Å². The molecule has 7 heteroatoms. The van der Waals surface area contributed by atoms with E-state index in [0.717, 1.165) is 42.5 Å². The van der Waals surface area contributed by atoms with Crippen LogP contribution in [0.4, 0.5) is 0 Å². The van der Waals surface area contributed by atoms with Crippen molar-refractivity contribution in [2.45, 2.75) is 32.2 Å². The zero-order chi connectivity index (χ0) is 14.6. The quantitative estimate of drug-likeness (QED) is 0.657.